The standard InChI is InChI=1S/C21H17ClN4O2/c1-12-15(22)7-5-9-16(12)26-19-14(11-23-26)21(10-18(27)24-19)13-6-3-4-8-17(13)25(2)20(21)28/h3-9,11H,10H2,1-2H3,(H,24,27)/t21-/m1/s1. The fourth-order valence-electron chi connectivity index (χ4n) is 4.37. The molecule has 1 spiro atoms. The summed E-state index contributed by atoms with van der Waals surface area (Å²) in [6.45, 7) is 1.90. The van der Waals surface area contributed by atoms with Crippen molar-refractivity contribution in [2.45, 2.75) is 18.8 Å². The summed E-state index contributed by atoms with van der Waals surface area (Å²) in [5.41, 5.74) is 2.90. The van der Waals surface area contributed by atoms with Gasteiger partial charge in [-0.3, -0.25) is 9.59 Å². The Kier molecular flexibility index (Phi) is 3.46. The number of hydrogen-bond acceptors (Lipinski definition) is 3. The maximum atomic E-state index is 13.4. The Labute approximate surface area is 166 Å². The van der Waals surface area contributed by atoms with Crippen molar-refractivity contribution < 1.29 is 9.59 Å². The zero-order valence-electron chi connectivity index (χ0n) is 15.4. The molecule has 0 unspecified atom stereocenters. The van der Waals surface area contributed by atoms with Gasteiger partial charge < -0.3 is 10.2 Å². The normalized spacial score (nSPS) is 20.3. The fraction of sp³-hybridized carbons (Fsp3) is 0.190. The van der Waals surface area contributed by atoms with Crippen LogP contribution in [0, 0.1) is 6.92 Å². The maximum Gasteiger partial charge on any atom is 0.242 e. The summed E-state index contributed by atoms with van der Waals surface area (Å²) in [7, 11) is 1.74. The van der Waals surface area contributed by atoms with Crippen LogP contribution in [-0.4, -0.2) is 28.6 Å². The predicted molar refractivity (Wildman–Crippen MR) is 107 cm³/mol. The number of para-hydroxylation sites is 1. The van der Waals surface area contributed by atoms with Gasteiger partial charge in [0.15, 0.2) is 0 Å². The average molecular weight is 393 g/mol. The molecule has 0 bridgehead atoms. The molecule has 2 aliphatic rings. The Hall–Kier alpha value is -3.12. The second kappa shape index (κ2) is 5.69. The molecule has 1 aromatic heterocycles. The van der Waals surface area contributed by atoms with Crippen LogP contribution >= 0.6 is 11.6 Å². The van der Waals surface area contributed by atoms with Crippen molar-refractivity contribution in [1.29, 1.82) is 0 Å². The number of rotatable bonds is 1. The molecule has 1 atom stereocenters. The second-order valence-electron chi connectivity index (χ2n) is 7.21. The van der Waals surface area contributed by atoms with Gasteiger partial charge in [-0.25, -0.2) is 4.68 Å². The van der Waals surface area contributed by atoms with E-state index in [-0.39, 0.29) is 18.2 Å². The maximum absolute atomic E-state index is 13.4. The highest BCUT2D eigenvalue weighted by molar-refractivity contribution is 6.31. The molecule has 6 nitrogen and oxygen atoms in total. The number of nitrogens with zero attached hydrogens (tertiary/aromatic N) is 3. The molecule has 140 valence electrons. The molecule has 0 saturated heterocycles. The van der Waals surface area contributed by atoms with E-state index in [0.29, 0.717) is 16.4 Å². The lowest BCUT2D eigenvalue weighted by atomic mass is 9.72. The Morgan fingerprint density at radius 2 is 1.82 bits per heavy atom. The first-order valence-electron chi connectivity index (χ1n) is 8.96. The van der Waals surface area contributed by atoms with Gasteiger partial charge >= 0.3 is 0 Å². The minimum absolute atomic E-state index is 0.0560. The topological polar surface area (TPSA) is 67.2 Å². The molecule has 2 amide bonds. The molecule has 0 aliphatic carbocycles. The van der Waals surface area contributed by atoms with Gasteiger partial charge in [0.25, 0.3) is 0 Å². The number of aromatic nitrogens is 2. The smallest absolute Gasteiger partial charge is 0.242 e. The van der Waals surface area contributed by atoms with Crippen molar-refractivity contribution in [3.05, 3.63) is 70.4 Å². The highest BCUT2D eigenvalue weighted by atomic mass is 35.5. The van der Waals surface area contributed by atoms with Gasteiger partial charge in [0.05, 0.1) is 11.9 Å². The van der Waals surface area contributed by atoms with Crippen LogP contribution in [0.25, 0.3) is 5.69 Å². The van der Waals surface area contributed by atoms with E-state index < -0.39 is 5.41 Å². The molecule has 0 radical (unpaired) electrons. The van der Waals surface area contributed by atoms with Gasteiger partial charge in [0.2, 0.25) is 11.8 Å². The van der Waals surface area contributed by atoms with Crippen LogP contribution in [0.3, 0.4) is 0 Å². The SMILES string of the molecule is Cc1c(Cl)cccc1-n1ncc2c1NC(=O)C[C@]21C(=O)N(C)c2ccccc21. The monoisotopic (exact) mass is 392 g/mol. The molecule has 28 heavy (non-hydrogen) atoms. The lowest BCUT2D eigenvalue weighted by Crippen LogP contribution is -2.45. The number of likely N-dealkylation sites (N-methyl/N-ethyl adjacent to an activating group) is 1. The molecule has 0 saturated carbocycles. The first-order chi connectivity index (χ1) is 13.4. The highest BCUT2D eigenvalue weighted by Crippen LogP contribution is 2.52. The molecule has 3 heterocycles. The highest BCUT2D eigenvalue weighted by Gasteiger charge is 2.56. The molecular formula is C21H17ClN4O2. The number of halogens is 1. The molecule has 2 aliphatic heterocycles. The lowest BCUT2D eigenvalue weighted by Gasteiger charge is -2.32. The van der Waals surface area contributed by atoms with Crippen LogP contribution < -0.4 is 10.2 Å². The van der Waals surface area contributed by atoms with Gasteiger partial charge in [-0.05, 0) is 36.2 Å². The van der Waals surface area contributed by atoms with E-state index in [1.165, 1.54) is 0 Å². The van der Waals surface area contributed by atoms with Crippen molar-refractivity contribution in [2.24, 2.45) is 0 Å². The third kappa shape index (κ3) is 2.01. The Morgan fingerprint density at radius 1 is 1.07 bits per heavy atom. The van der Waals surface area contributed by atoms with E-state index in [4.69, 9.17) is 11.6 Å². The van der Waals surface area contributed by atoms with E-state index in [2.05, 4.69) is 10.4 Å². The molecule has 1 N–H and O–H groups in total. The Bertz CT molecular complexity index is 1170. The van der Waals surface area contributed by atoms with Crippen molar-refractivity contribution in [3.8, 4) is 5.69 Å². The number of anilines is 2. The van der Waals surface area contributed by atoms with Gasteiger partial charge in [-0.15, -0.1) is 0 Å². The summed E-state index contributed by atoms with van der Waals surface area (Å²) in [6, 6.07) is 13.1. The van der Waals surface area contributed by atoms with Crippen molar-refractivity contribution in [3.63, 3.8) is 0 Å². The summed E-state index contributed by atoms with van der Waals surface area (Å²) in [5, 5.41) is 8.06. The zero-order chi connectivity index (χ0) is 19.6. The molecule has 3 aromatic rings. The number of hydrogen-bond donors (Lipinski definition) is 1. The third-order valence-corrected chi connectivity index (χ3v) is 6.18. The van der Waals surface area contributed by atoms with Gasteiger partial charge in [-0.2, -0.15) is 5.10 Å². The predicted octanol–water partition coefficient (Wildman–Crippen LogP) is 3.44. The van der Waals surface area contributed by atoms with Crippen molar-refractivity contribution >= 4 is 34.9 Å². The van der Waals surface area contributed by atoms with Crippen LogP contribution in [0.5, 0.6) is 0 Å². The summed E-state index contributed by atoms with van der Waals surface area (Å²) < 4.78 is 1.66. The molecular weight excluding hydrogens is 376 g/mol. The number of fused-ring (bicyclic) bond motifs is 4. The van der Waals surface area contributed by atoms with Crippen LogP contribution in [0.2, 0.25) is 5.02 Å². The van der Waals surface area contributed by atoms with Crippen molar-refractivity contribution in [2.75, 3.05) is 17.3 Å². The van der Waals surface area contributed by atoms with Crippen molar-refractivity contribution in [1.82, 2.24) is 9.78 Å². The quantitative estimate of drug-likeness (QED) is 0.689. The van der Waals surface area contributed by atoms with Crippen LogP contribution in [-0.2, 0) is 15.0 Å². The summed E-state index contributed by atoms with van der Waals surface area (Å²) in [5.74, 6) is 0.180. The number of nitrogens with one attached hydrogen (secondary N) is 1. The minimum Gasteiger partial charge on any atom is -0.314 e. The molecule has 0 fully saturated rings. The summed E-state index contributed by atoms with van der Waals surface area (Å²) in [6.07, 6.45) is 1.74. The van der Waals surface area contributed by atoms with E-state index >= 15 is 0 Å². The molecule has 7 heteroatoms. The van der Waals surface area contributed by atoms with Gasteiger partial charge in [-0.1, -0.05) is 35.9 Å². The first kappa shape index (κ1) is 17.0. The van der Waals surface area contributed by atoms with E-state index in [9.17, 15) is 9.59 Å². The Morgan fingerprint density at radius 3 is 2.64 bits per heavy atom. The van der Waals surface area contributed by atoms with E-state index in [1.807, 2.05) is 49.4 Å². The summed E-state index contributed by atoms with van der Waals surface area (Å²) in [4.78, 5) is 27.8. The number of amides is 2. The van der Waals surface area contributed by atoms with Crippen LogP contribution in [0.15, 0.2) is 48.7 Å². The third-order valence-electron chi connectivity index (χ3n) is 5.77. The number of carbonyl (C=O) groups is 2. The largest absolute Gasteiger partial charge is 0.314 e. The van der Waals surface area contributed by atoms with E-state index in [0.717, 1.165) is 22.5 Å². The fourth-order valence-corrected chi connectivity index (χ4v) is 4.54. The first-order valence-corrected chi connectivity index (χ1v) is 9.34. The number of carbonyl (C=O) groups excluding carboxylic acids is 2. The summed E-state index contributed by atoms with van der Waals surface area (Å²) >= 11 is 6.28. The van der Waals surface area contributed by atoms with Gasteiger partial charge in [0, 0.05) is 29.7 Å². The second-order valence-corrected chi connectivity index (χ2v) is 7.62. The molecule has 2 aromatic carbocycles. The molecule has 5 rings (SSSR count). The van der Waals surface area contributed by atoms with Crippen LogP contribution in [0.1, 0.15) is 23.1 Å². The van der Waals surface area contributed by atoms with Crippen LogP contribution in [0.4, 0.5) is 11.5 Å². The zero-order valence-corrected chi connectivity index (χ0v) is 16.1. The Balaban J connectivity index is 1.80. The minimum atomic E-state index is -1.06. The average Bonchev–Trinajstić information content (AvgIpc) is 3.19. The number of benzene rings is 2. The lowest BCUT2D eigenvalue weighted by molar-refractivity contribution is -0.126. The van der Waals surface area contributed by atoms with Gasteiger partial charge in [0.1, 0.15) is 11.2 Å². The van der Waals surface area contributed by atoms with E-state index in [1.54, 1.807) is 22.8 Å².